The van der Waals surface area contributed by atoms with Gasteiger partial charge in [-0.3, -0.25) is 14.9 Å². The summed E-state index contributed by atoms with van der Waals surface area (Å²) in [5.41, 5.74) is 3.37. The molecular formula is C23H23N3O4S. The first-order chi connectivity index (χ1) is 15.0. The van der Waals surface area contributed by atoms with Crippen molar-refractivity contribution in [2.24, 2.45) is 0 Å². The van der Waals surface area contributed by atoms with E-state index in [0.29, 0.717) is 22.3 Å². The van der Waals surface area contributed by atoms with Gasteiger partial charge in [-0.1, -0.05) is 24.3 Å². The van der Waals surface area contributed by atoms with Crippen LogP contribution in [0, 0.1) is 0 Å². The fraction of sp³-hybridized carbons (Fsp3) is 0.174. The van der Waals surface area contributed by atoms with Crippen molar-refractivity contribution in [3.63, 3.8) is 0 Å². The minimum Gasteiger partial charge on any atom is -0.493 e. The van der Waals surface area contributed by atoms with E-state index in [1.54, 1.807) is 25.3 Å². The van der Waals surface area contributed by atoms with Crippen LogP contribution >= 0.6 is 11.3 Å². The number of allylic oxidation sites excluding steroid dienone is 1. The van der Waals surface area contributed by atoms with Gasteiger partial charge in [0.2, 0.25) is 5.91 Å². The molecule has 0 radical (unpaired) electrons. The second-order valence-corrected chi connectivity index (χ2v) is 7.47. The summed E-state index contributed by atoms with van der Waals surface area (Å²) in [7, 11) is 1.56. The zero-order chi connectivity index (χ0) is 22.2. The summed E-state index contributed by atoms with van der Waals surface area (Å²) in [6, 6.07) is 12.9. The Labute approximate surface area is 184 Å². The van der Waals surface area contributed by atoms with E-state index in [9.17, 15) is 9.59 Å². The molecule has 0 aliphatic heterocycles. The number of thiazole rings is 1. The smallest absolute Gasteiger partial charge is 0.264 e. The molecule has 1 heterocycles. The van der Waals surface area contributed by atoms with Gasteiger partial charge in [0, 0.05) is 23.6 Å². The minimum absolute atomic E-state index is 0.126. The van der Waals surface area contributed by atoms with Crippen LogP contribution in [0.3, 0.4) is 0 Å². The predicted molar refractivity (Wildman–Crippen MR) is 123 cm³/mol. The van der Waals surface area contributed by atoms with Gasteiger partial charge < -0.3 is 14.8 Å². The van der Waals surface area contributed by atoms with Crippen LogP contribution in [0.15, 0.2) is 60.5 Å². The monoisotopic (exact) mass is 437 g/mol. The molecule has 0 saturated carbocycles. The first-order valence-corrected chi connectivity index (χ1v) is 10.4. The van der Waals surface area contributed by atoms with E-state index in [-0.39, 0.29) is 18.4 Å². The number of amides is 2. The van der Waals surface area contributed by atoms with Gasteiger partial charge in [-0.25, -0.2) is 4.98 Å². The molecule has 0 bridgehead atoms. The van der Waals surface area contributed by atoms with Crippen molar-refractivity contribution in [1.82, 2.24) is 4.98 Å². The number of rotatable bonds is 9. The van der Waals surface area contributed by atoms with Gasteiger partial charge in [-0.2, -0.15) is 0 Å². The quantitative estimate of drug-likeness (QED) is 0.480. The Morgan fingerprint density at radius 2 is 1.90 bits per heavy atom. The lowest BCUT2D eigenvalue weighted by Crippen LogP contribution is -2.20. The van der Waals surface area contributed by atoms with E-state index in [2.05, 4.69) is 22.2 Å². The van der Waals surface area contributed by atoms with Gasteiger partial charge in [0.05, 0.1) is 12.8 Å². The predicted octanol–water partition coefficient (Wildman–Crippen LogP) is 4.52. The third kappa shape index (κ3) is 6.16. The fourth-order valence-electron chi connectivity index (χ4n) is 2.81. The summed E-state index contributed by atoms with van der Waals surface area (Å²) in [5, 5.41) is 7.79. The van der Waals surface area contributed by atoms with Crippen molar-refractivity contribution in [3.8, 4) is 22.8 Å². The van der Waals surface area contributed by atoms with E-state index in [1.807, 2.05) is 35.7 Å². The summed E-state index contributed by atoms with van der Waals surface area (Å²) in [4.78, 5) is 27.8. The van der Waals surface area contributed by atoms with Crippen molar-refractivity contribution in [1.29, 1.82) is 0 Å². The average Bonchev–Trinajstić information content (AvgIpc) is 3.21. The molecule has 0 unspecified atom stereocenters. The molecule has 2 N–H and O–H groups in total. The van der Waals surface area contributed by atoms with Gasteiger partial charge >= 0.3 is 0 Å². The lowest BCUT2D eigenvalue weighted by molar-refractivity contribution is -0.118. The first-order valence-electron chi connectivity index (χ1n) is 9.52. The lowest BCUT2D eigenvalue weighted by Gasteiger charge is -2.11. The van der Waals surface area contributed by atoms with E-state index < -0.39 is 0 Å². The topological polar surface area (TPSA) is 89.5 Å². The van der Waals surface area contributed by atoms with Gasteiger partial charge in [-0.05, 0) is 36.2 Å². The highest BCUT2D eigenvalue weighted by Gasteiger charge is 2.11. The molecule has 0 saturated heterocycles. The van der Waals surface area contributed by atoms with Crippen molar-refractivity contribution in [2.45, 2.75) is 13.3 Å². The number of carbonyl (C=O) groups excluding carboxylic acids is 2. The largest absolute Gasteiger partial charge is 0.493 e. The summed E-state index contributed by atoms with van der Waals surface area (Å²) >= 11 is 1.32. The van der Waals surface area contributed by atoms with Crippen molar-refractivity contribution < 1.29 is 19.1 Å². The molecule has 2 amide bonds. The number of benzene rings is 2. The number of aromatic nitrogens is 1. The van der Waals surface area contributed by atoms with Gasteiger partial charge in [0.25, 0.3) is 5.91 Å². The number of methoxy groups -OCH3 is 1. The molecule has 0 aliphatic carbocycles. The molecule has 7 nitrogen and oxygen atoms in total. The van der Waals surface area contributed by atoms with E-state index in [0.717, 1.165) is 23.2 Å². The van der Waals surface area contributed by atoms with Gasteiger partial charge in [0.15, 0.2) is 23.2 Å². The Morgan fingerprint density at radius 3 is 2.58 bits per heavy atom. The number of hydrogen-bond acceptors (Lipinski definition) is 6. The zero-order valence-corrected chi connectivity index (χ0v) is 18.1. The Morgan fingerprint density at radius 1 is 1.13 bits per heavy atom. The van der Waals surface area contributed by atoms with E-state index in [1.165, 1.54) is 18.3 Å². The SMILES string of the molecule is C=CCc1ccc(OCC(=O)Nc2nc(-c3ccc(NC(C)=O)cc3)cs2)c(OC)c1. The number of hydrogen-bond donors (Lipinski definition) is 2. The number of nitrogens with zero attached hydrogens (tertiary/aromatic N) is 1. The molecule has 0 atom stereocenters. The average molecular weight is 438 g/mol. The standard InChI is InChI=1S/C23H23N3O4S/c1-4-5-16-6-11-20(21(12-16)29-3)30-13-22(28)26-23-25-19(14-31-23)17-7-9-18(10-8-17)24-15(2)27/h4,6-12,14H,1,5,13H2,2-3H3,(H,24,27)(H,25,26,28). The third-order valence-corrected chi connectivity index (χ3v) is 4.98. The number of nitrogens with one attached hydrogen (secondary N) is 2. The van der Waals surface area contributed by atoms with Crippen LogP contribution in [0.25, 0.3) is 11.3 Å². The van der Waals surface area contributed by atoms with Crippen molar-refractivity contribution in [2.75, 3.05) is 24.4 Å². The molecule has 31 heavy (non-hydrogen) atoms. The number of anilines is 2. The van der Waals surface area contributed by atoms with Crippen LogP contribution in [0.2, 0.25) is 0 Å². The van der Waals surface area contributed by atoms with Crippen LogP contribution in [0.1, 0.15) is 12.5 Å². The van der Waals surface area contributed by atoms with Crippen molar-refractivity contribution in [3.05, 3.63) is 66.1 Å². The highest BCUT2D eigenvalue weighted by atomic mass is 32.1. The third-order valence-electron chi connectivity index (χ3n) is 4.22. The Hall–Kier alpha value is -3.65. The zero-order valence-electron chi connectivity index (χ0n) is 17.3. The fourth-order valence-corrected chi connectivity index (χ4v) is 3.55. The summed E-state index contributed by atoms with van der Waals surface area (Å²) in [6.07, 6.45) is 2.53. The summed E-state index contributed by atoms with van der Waals surface area (Å²) in [6.45, 7) is 5.01. The van der Waals surface area contributed by atoms with Crippen LogP contribution < -0.4 is 20.1 Å². The number of carbonyl (C=O) groups is 2. The lowest BCUT2D eigenvalue weighted by atomic mass is 10.1. The Bertz CT molecular complexity index is 1080. The molecule has 1 aromatic heterocycles. The molecule has 160 valence electrons. The van der Waals surface area contributed by atoms with Gasteiger partial charge in [-0.15, -0.1) is 17.9 Å². The summed E-state index contributed by atoms with van der Waals surface area (Å²) < 4.78 is 11.0. The summed E-state index contributed by atoms with van der Waals surface area (Å²) in [5.74, 6) is 0.606. The molecule has 2 aromatic carbocycles. The Kier molecular flexibility index (Phi) is 7.40. The second kappa shape index (κ2) is 10.4. The number of ether oxygens (including phenoxy) is 2. The highest BCUT2D eigenvalue weighted by molar-refractivity contribution is 7.14. The maximum atomic E-state index is 12.3. The van der Waals surface area contributed by atoms with Crippen LogP contribution in [0.5, 0.6) is 11.5 Å². The van der Waals surface area contributed by atoms with Crippen LogP contribution in [-0.2, 0) is 16.0 Å². The van der Waals surface area contributed by atoms with E-state index in [4.69, 9.17) is 9.47 Å². The second-order valence-electron chi connectivity index (χ2n) is 6.61. The molecule has 3 aromatic rings. The van der Waals surface area contributed by atoms with Crippen molar-refractivity contribution >= 4 is 34.0 Å². The minimum atomic E-state index is -0.320. The molecular weight excluding hydrogens is 414 g/mol. The van der Waals surface area contributed by atoms with Gasteiger partial charge in [0.1, 0.15) is 0 Å². The molecule has 8 heteroatoms. The highest BCUT2D eigenvalue weighted by Crippen LogP contribution is 2.29. The normalized spacial score (nSPS) is 10.3. The Balaban J connectivity index is 1.58. The maximum absolute atomic E-state index is 12.3. The maximum Gasteiger partial charge on any atom is 0.264 e. The van der Waals surface area contributed by atoms with Crippen LogP contribution in [-0.4, -0.2) is 30.5 Å². The molecule has 0 aliphatic rings. The molecule has 3 rings (SSSR count). The molecule has 0 spiro atoms. The van der Waals surface area contributed by atoms with E-state index >= 15 is 0 Å². The van der Waals surface area contributed by atoms with Crippen LogP contribution in [0.4, 0.5) is 10.8 Å². The molecule has 0 fully saturated rings. The first kappa shape index (κ1) is 22.0.